The van der Waals surface area contributed by atoms with Crippen LogP contribution in [0.15, 0.2) is 54.6 Å². The van der Waals surface area contributed by atoms with Crippen molar-refractivity contribution < 1.29 is 9.53 Å². The summed E-state index contributed by atoms with van der Waals surface area (Å²) in [6.07, 6.45) is 0. The third-order valence-electron chi connectivity index (χ3n) is 4.92. The van der Waals surface area contributed by atoms with Crippen molar-refractivity contribution in [1.82, 2.24) is 4.90 Å². The van der Waals surface area contributed by atoms with Crippen LogP contribution in [-0.4, -0.2) is 56.7 Å². The molecule has 5 heteroatoms. The van der Waals surface area contributed by atoms with Gasteiger partial charge >= 0.3 is 0 Å². The van der Waals surface area contributed by atoms with Crippen molar-refractivity contribution in [3.63, 3.8) is 0 Å². The summed E-state index contributed by atoms with van der Waals surface area (Å²) >= 11 is 0. The topological polar surface area (TPSA) is 36.0 Å². The first kappa shape index (κ1) is 19.2. The molecule has 0 aliphatic carbocycles. The van der Waals surface area contributed by atoms with Crippen molar-refractivity contribution in [3.05, 3.63) is 54.6 Å². The quantitative estimate of drug-likeness (QED) is 0.753. The lowest BCUT2D eigenvalue weighted by Crippen LogP contribution is -2.50. The molecule has 1 saturated heterocycles. The lowest BCUT2D eigenvalue weighted by Gasteiger charge is -2.37. The van der Waals surface area contributed by atoms with Crippen LogP contribution in [0.4, 0.5) is 11.4 Å². The normalized spacial score (nSPS) is 14.8. The highest BCUT2D eigenvalue weighted by molar-refractivity contribution is 5.94. The molecule has 1 amide bonds. The van der Waals surface area contributed by atoms with Gasteiger partial charge in [0.25, 0.3) is 0 Å². The minimum Gasteiger partial charge on any atom is -0.492 e. The minimum atomic E-state index is 0.159. The van der Waals surface area contributed by atoms with E-state index in [1.165, 1.54) is 0 Å². The van der Waals surface area contributed by atoms with Crippen LogP contribution in [0.1, 0.15) is 13.8 Å². The number of hydrogen-bond donors (Lipinski definition) is 0. The summed E-state index contributed by atoms with van der Waals surface area (Å²) in [5.41, 5.74) is 2.11. The van der Waals surface area contributed by atoms with Gasteiger partial charge in [-0.05, 0) is 38.1 Å². The number of carbonyl (C=O) groups is 1. The second-order valence-electron chi connectivity index (χ2n) is 6.64. The molecule has 3 rings (SSSR count). The molecule has 0 N–H and O–H groups in total. The van der Waals surface area contributed by atoms with E-state index in [9.17, 15) is 4.79 Å². The van der Waals surface area contributed by atoms with E-state index in [4.69, 9.17) is 4.74 Å². The van der Waals surface area contributed by atoms with E-state index in [-0.39, 0.29) is 5.91 Å². The Bertz CT molecular complexity index is 727. The number of likely N-dealkylation sites (N-methyl/N-ethyl adjacent to an activating group) is 1. The van der Waals surface area contributed by atoms with Crippen molar-refractivity contribution in [2.45, 2.75) is 13.8 Å². The van der Waals surface area contributed by atoms with E-state index in [0.717, 1.165) is 43.3 Å². The molecule has 0 saturated carbocycles. The molecular weight excluding hydrogens is 338 g/mol. The Labute approximate surface area is 162 Å². The first-order chi connectivity index (χ1) is 13.2. The van der Waals surface area contributed by atoms with Crippen LogP contribution in [0, 0.1) is 0 Å². The molecule has 1 aliphatic rings. The van der Waals surface area contributed by atoms with Crippen molar-refractivity contribution in [1.29, 1.82) is 0 Å². The largest absolute Gasteiger partial charge is 0.492 e. The van der Waals surface area contributed by atoms with Gasteiger partial charge in [-0.3, -0.25) is 9.69 Å². The van der Waals surface area contributed by atoms with E-state index in [1.807, 2.05) is 67.3 Å². The SMILES string of the molecule is CCOc1ccccc1N1CCN(CC(=O)N(CC)c2ccccc2)CC1. The number of benzene rings is 2. The molecular formula is C22H29N3O2. The maximum atomic E-state index is 12.8. The summed E-state index contributed by atoms with van der Waals surface area (Å²) in [6, 6.07) is 18.1. The number of piperazine rings is 1. The molecule has 2 aromatic rings. The van der Waals surface area contributed by atoms with E-state index in [1.54, 1.807) is 0 Å². The number of nitrogens with zero attached hydrogens (tertiary/aromatic N) is 3. The van der Waals surface area contributed by atoms with Crippen LogP contribution in [0.25, 0.3) is 0 Å². The Hall–Kier alpha value is -2.53. The van der Waals surface area contributed by atoms with Gasteiger partial charge in [0, 0.05) is 38.4 Å². The first-order valence-electron chi connectivity index (χ1n) is 9.77. The van der Waals surface area contributed by atoms with Crippen LogP contribution in [0.3, 0.4) is 0 Å². The third kappa shape index (κ3) is 4.80. The van der Waals surface area contributed by atoms with Gasteiger partial charge in [-0.2, -0.15) is 0 Å². The van der Waals surface area contributed by atoms with Crippen LogP contribution in [0.5, 0.6) is 5.75 Å². The van der Waals surface area contributed by atoms with Crippen molar-refractivity contribution in [3.8, 4) is 5.75 Å². The summed E-state index contributed by atoms with van der Waals surface area (Å²) in [4.78, 5) is 19.2. The first-order valence-corrected chi connectivity index (χ1v) is 9.77. The standard InChI is InChI=1S/C22H29N3O2/c1-3-25(19-10-6-5-7-11-19)22(26)18-23-14-16-24(17-15-23)20-12-8-9-13-21(20)27-4-2/h5-13H,3-4,14-18H2,1-2H3. The zero-order valence-electron chi connectivity index (χ0n) is 16.3. The second kappa shape index (κ2) is 9.42. The smallest absolute Gasteiger partial charge is 0.241 e. The lowest BCUT2D eigenvalue weighted by molar-refractivity contribution is -0.119. The van der Waals surface area contributed by atoms with Crippen LogP contribution < -0.4 is 14.5 Å². The number of anilines is 2. The van der Waals surface area contributed by atoms with Crippen LogP contribution in [0.2, 0.25) is 0 Å². The van der Waals surface area contributed by atoms with E-state index in [2.05, 4.69) is 15.9 Å². The molecule has 5 nitrogen and oxygen atoms in total. The monoisotopic (exact) mass is 367 g/mol. The molecule has 0 aromatic heterocycles. The minimum absolute atomic E-state index is 0.159. The average Bonchev–Trinajstić information content (AvgIpc) is 2.71. The highest BCUT2D eigenvalue weighted by atomic mass is 16.5. The van der Waals surface area contributed by atoms with Crippen molar-refractivity contribution in [2.75, 3.05) is 55.7 Å². The fourth-order valence-corrected chi connectivity index (χ4v) is 3.53. The molecule has 1 fully saturated rings. The molecule has 0 bridgehead atoms. The van der Waals surface area contributed by atoms with Gasteiger partial charge in [0.1, 0.15) is 5.75 Å². The fourth-order valence-electron chi connectivity index (χ4n) is 3.53. The van der Waals surface area contributed by atoms with Gasteiger partial charge in [-0.1, -0.05) is 30.3 Å². The number of para-hydroxylation sites is 3. The van der Waals surface area contributed by atoms with E-state index >= 15 is 0 Å². The second-order valence-corrected chi connectivity index (χ2v) is 6.64. The number of ether oxygens (including phenoxy) is 1. The Morgan fingerprint density at radius 2 is 1.63 bits per heavy atom. The molecule has 0 radical (unpaired) electrons. The van der Waals surface area contributed by atoms with Crippen LogP contribution >= 0.6 is 0 Å². The average molecular weight is 367 g/mol. The number of rotatable bonds is 7. The fraction of sp³-hybridized carbons (Fsp3) is 0.409. The summed E-state index contributed by atoms with van der Waals surface area (Å²) < 4.78 is 5.76. The zero-order valence-corrected chi connectivity index (χ0v) is 16.3. The summed E-state index contributed by atoms with van der Waals surface area (Å²) in [5, 5.41) is 0. The predicted octanol–water partition coefficient (Wildman–Crippen LogP) is 3.26. The number of amides is 1. The molecule has 0 atom stereocenters. The van der Waals surface area contributed by atoms with Gasteiger partial charge in [-0.15, -0.1) is 0 Å². The molecule has 0 spiro atoms. The van der Waals surface area contributed by atoms with Gasteiger partial charge < -0.3 is 14.5 Å². The summed E-state index contributed by atoms with van der Waals surface area (Å²) in [5.74, 6) is 1.10. The Balaban J connectivity index is 1.57. The highest BCUT2D eigenvalue weighted by Crippen LogP contribution is 2.28. The van der Waals surface area contributed by atoms with Gasteiger partial charge in [0.2, 0.25) is 5.91 Å². The van der Waals surface area contributed by atoms with Gasteiger partial charge in [0.15, 0.2) is 0 Å². The Morgan fingerprint density at radius 3 is 2.30 bits per heavy atom. The highest BCUT2D eigenvalue weighted by Gasteiger charge is 2.23. The number of carbonyl (C=O) groups excluding carboxylic acids is 1. The lowest BCUT2D eigenvalue weighted by atomic mass is 10.2. The van der Waals surface area contributed by atoms with Crippen LogP contribution in [-0.2, 0) is 4.79 Å². The van der Waals surface area contributed by atoms with Crippen molar-refractivity contribution in [2.24, 2.45) is 0 Å². The number of hydrogen-bond acceptors (Lipinski definition) is 4. The Kier molecular flexibility index (Phi) is 6.71. The summed E-state index contributed by atoms with van der Waals surface area (Å²) in [6.45, 7) is 9.38. The van der Waals surface area contributed by atoms with Gasteiger partial charge in [0.05, 0.1) is 18.8 Å². The Morgan fingerprint density at radius 1 is 0.963 bits per heavy atom. The molecule has 1 heterocycles. The third-order valence-corrected chi connectivity index (χ3v) is 4.92. The molecule has 2 aromatic carbocycles. The summed E-state index contributed by atoms with van der Waals surface area (Å²) in [7, 11) is 0. The molecule has 1 aliphatic heterocycles. The van der Waals surface area contributed by atoms with Gasteiger partial charge in [-0.25, -0.2) is 0 Å². The molecule has 144 valence electrons. The van der Waals surface area contributed by atoms with E-state index < -0.39 is 0 Å². The molecule has 27 heavy (non-hydrogen) atoms. The maximum Gasteiger partial charge on any atom is 0.241 e. The zero-order chi connectivity index (χ0) is 19.1. The predicted molar refractivity (Wildman–Crippen MR) is 111 cm³/mol. The molecule has 0 unspecified atom stereocenters. The van der Waals surface area contributed by atoms with E-state index in [0.29, 0.717) is 19.7 Å². The van der Waals surface area contributed by atoms with Crippen molar-refractivity contribution >= 4 is 17.3 Å². The maximum absolute atomic E-state index is 12.8.